The van der Waals surface area contributed by atoms with Crippen LogP contribution in [-0.4, -0.2) is 37.0 Å². The maximum atomic E-state index is 11.6. The van der Waals surface area contributed by atoms with E-state index < -0.39 is 12.4 Å². The number of hydrogen-bond donors (Lipinski definition) is 3. The lowest BCUT2D eigenvalue weighted by Gasteiger charge is -2.15. The van der Waals surface area contributed by atoms with E-state index in [2.05, 4.69) is 25.3 Å². The van der Waals surface area contributed by atoms with E-state index in [0.717, 1.165) is 0 Å². The van der Waals surface area contributed by atoms with Crippen molar-refractivity contribution < 1.29 is 23.8 Å². The molecule has 0 aliphatic rings. The van der Waals surface area contributed by atoms with Crippen molar-refractivity contribution in [3.8, 4) is 5.75 Å². The Morgan fingerprint density at radius 3 is 2.59 bits per heavy atom. The molecule has 11 nitrogen and oxygen atoms in total. The SMILES string of the molecule is COC(=O)OC(C)Oc1ccccc1/N=N/c1ccc(NC(=O)CCN)nc1N. The number of azo groups is 1. The summed E-state index contributed by atoms with van der Waals surface area (Å²) in [6.45, 7) is 1.77. The van der Waals surface area contributed by atoms with Crippen LogP contribution in [0.3, 0.4) is 0 Å². The van der Waals surface area contributed by atoms with E-state index >= 15 is 0 Å². The maximum absolute atomic E-state index is 11.6. The summed E-state index contributed by atoms with van der Waals surface area (Å²) in [5.41, 5.74) is 11.9. The van der Waals surface area contributed by atoms with Gasteiger partial charge in [0.2, 0.25) is 12.2 Å². The second kappa shape index (κ2) is 10.6. The van der Waals surface area contributed by atoms with E-state index in [1.807, 2.05) is 0 Å². The fraction of sp³-hybridized carbons (Fsp3) is 0.278. The number of carbonyl (C=O) groups is 2. The highest BCUT2D eigenvalue weighted by Gasteiger charge is 2.13. The van der Waals surface area contributed by atoms with Crippen LogP contribution in [0, 0.1) is 0 Å². The van der Waals surface area contributed by atoms with Gasteiger partial charge in [0.25, 0.3) is 0 Å². The Morgan fingerprint density at radius 1 is 1.17 bits per heavy atom. The van der Waals surface area contributed by atoms with E-state index in [1.54, 1.807) is 36.4 Å². The van der Waals surface area contributed by atoms with Crippen molar-refractivity contribution in [1.29, 1.82) is 0 Å². The first-order valence-corrected chi connectivity index (χ1v) is 8.61. The molecule has 0 aliphatic heterocycles. The number of nitrogen functional groups attached to an aromatic ring is 1. The zero-order chi connectivity index (χ0) is 21.2. The molecule has 0 saturated heterocycles. The predicted molar refractivity (Wildman–Crippen MR) is 105 cm³/mol. The summed E-state index contributed by atoms with van der Waals surface area (Å²) in [5.74, 6) is 0.450. The molecular formula is C18H22N6O5. The molecule has 11 heteroatoms. The molecule has 1 unspecified atom stereocenters. The number of rotatable bonds is 8. The number of nitrogens with two attached hydrogens (primary N) is 2. The number of nitrogens with zero attached hydrogens (tertiary/aromatic N) is 3. The molecule has 2 rings (SSSR count). The van der Waals surface area contributed by atoms with Crippen LogP contribution in [0.25, 0.3) is 0 Å². The molecule has 1 atom stereocenters. The van der Waals surface area contributed by atoms with Crippen molar-refractivity contribution in [1.82, 2.24) is 4.98 Å². The van der Waals surface area contributed by atoms with Gasteiger partial charge in [-0.3, -0.25) is 4.79 Å². The van der Waals surface area contributed by atoms with Crippen molar-refractivity contribution in [3.63, 3.8) is 0 Å². The van der Waals surface area contributed by atoms with Crippen LogP contribution in [0.5, 0.6) is 5.75 Å². The average Bonchev–Trinajstić information content (AvgIpc) is 2.68. The Hall–Kier alpha value is -3.73. The highest BCUT2D eigenvalue weighted by molar-refractivity contribution is 5.90. The number of benzene rings is 1. The summed E-state index contributed by atoms with van der Waals surface area (Å²) >= 11 is 0. The van der Waals surface area contributed by atoms with E-state index in [4.69, 9.17) is 20.9 Å². The number of hydrogen-bond acceptors (Lipinski definition) is 10. The minimum Gasteiger partial charge on any atom is -0.453 e. The van der Waals surface area contributed by atoms with Gasteiger partial charge >= 0.3 is 6.16 Å². The van der Waals surface area contributed by atoms with E-state index in [-0.39, 0.29) is 30.5 Å². The molecule has 0 aliphatic carbocycles. The Morgan fingerprint density at radius 2 is 1.90 bits per heavy atom. The topological polar surface area (TPSA) is 164 Å². The van der Waals surface area contributed by atoms with E-state index in [9.17, 15) is 9.59 Å². The minimum absolute atomic E-state index is 0.0834. The normalized spacial score (nSPS) is 11.7. The molecule has 1 aromatic heterocycles. The van der Waals surface area contributed by atoms with Gasteiger partial charge in [0.15, 0.2) is 11.6 Å². The van der Waals surface area contributed by atoms with Crippen molar-refractivity contribution in [2.45, 2.75) is 19.6 Å². The molecular weight excluding hydrogens is 380 g/mol. The summed E-state index contributed by atoms with van der Waals surface area (Å²) in [4.78, 5) is 26.8. The molecule has 0 bridgehead atoms. The first-order valence-electron chi connectivity index (χ1n) is 8.61. The van der Waals surface area contributed by atoms with Gasteiger partial charge in [-0.15, -0.1) is 10.2 Å². The van der Waals surface area contributed by atoms with Gasteiger partial charge < -0.3 is 31.0 Å². The molecule has 0 radical (unpaired) electrons. The predicted octanol–water partition coefficient (Wildman–Crippen LogP) is 2.87. The Bertz CT molecular complexity index is 889. The zero-order valence-corrected chi connectivity index (χ0v) is 16.0. The standard InChI is InChI=1S/C18H22N6O5/c1-11(29-18(26)27-2)28-14-6-4-3-5-12(14)23-24-13-7-8-15(22-17(13)20)21-16(25)9-10-19/h3-8,11H,9-10,19H2,1-2H3,(H3,20,21,22,25)/b24-23+. The highest BCUT2D eigenvalue weighted by Crippen LogP contribution is 2.31. The van der Waals surface area contributed by atoms with Gasteiger partial charge in [-0.25, -0.2) is 9.78 Å². The third-order valence-corrected chi connectivity index (χ3v) is 3.39. The van der Waals surface area contributed by atoms with E-state index in [1.165, 1.54) is 14.0 Å². The smallest absolute Gasteiger partial charge is 0.453 e. The fourth-order valence-electron chi connectivity index (χ4n) is 2.09. The Balaban J connectivity index is 2.11. The van der Waals surface area contributed by atoms with E-state index in [0.29, 0.717) is 17.1 Å². The van der Waals surface area contributed by atoms with Gasteiger partial charge in [-0.1, -0.05) is 12.1 Å². The molecule has 1 aromatic carbocycles. The third-order valence-electron chi connectivity index (χ3n) is 3.39. The van der Waals surface area contributed by atoms with Crippen LogP contribution in [0.4, 0.5) is 27.8 Å². The summed E-state index contributed by atoms with van der Waals surface area (Å²) in [5, 5.41) is 10.8. The fourth-order valence-corrected chi connectivity index (χ4v) is 2.09. The highest BCUT2D eigenvalue weighted by atomic mass is 16.8. The first kappa shape index (κ1) is 21.6. The zero-order valence-electron chi connectivity index (χ0n) is 16.0. The molecule has 2 aromatic rings. The van der Waals surface area contributed by atoms with Crippen molar-refractivity contribution in [2.24, 2.45) is 16.0 Å². The molecule has 29 heavy (non-hydrogen) atoms. The summed E-state index contributed by atoms with van der Waals surface area (Å²) in [6.07, 6.45) is -1.59. The average molecular weight is 402 g/mol. The Labute approximate surface area is 167 Å². The lowest BCUT2D eigenvalue weighted by molar-refractivity contribution is -0.116. The van der Waals surface area contributed by atoms with Crippen LogP contribution in [0.15, 0.2) is 46.6 Å². The van der Waals surface area contributed by atoms with Crippen LogP contribution in [0.2, 0.25) is 0 Å². The van der Waals surface area contributed by atoms with Crippen LogP contribution >= 0.6 is 0 Å². The molecule has 0 spiro atoms. The number of pyridine rings is 1. The molecule has 1 heterocycles. The molecule has 0 saturated carbocycles. The number of carbonyl (C=O) groups excluding carboxylic acids is 2. The maximum Gasteiger partial charge on any atom is 0.511 e. The number of para-hydroxylation sites is 1. The molecule has 5 N–H and O–H groups in total. The molecule has 154 valence electrons. The molecule has 1 amide bonds. The van der Waals surface area contributed by atoms with Crippen LogP contribution < -0.4 is 21.5 Å². The number of anilines is 2. The first-order chi connectivity index (χ1) is 13.9. The van der Waals surface area contributed by atoms with Gasteiger partial charge in [0, 0.05) is 19.9 Å². The van der Waals surface area contributed by atoms with Crippen molar-refractivity contribution in [2.75, 3.05) is 24.7 Å². The van der Waals surface area contributed by atoms with Crippen LogP contribution in [0.1, 0.15) is 13.3 Å². The van der Waals surface area contributed by atoms with Crippen molar-refractivity contribution >= 4 is 35.1 Å². The lowest BCUT2D eigenvalue weighted by Crippen LogP contribution is -2.20. The third kappa shape index (κ3) is 6.74. The van der Waals surface area contributed by atoms with Gasteiger partial charge in [-0.2, -0.15) is 0 Å². The number of amides is 1. The quantitative estimate of drug-likeness (QED) is 0.344. The summed E-state index contributed by atoms with van der Waals surface area (Å²) < 4.78 is 14.8. The second-order valence-corrected chi connectivity index (χ2v) is 5.61. The summed E-state index contributed by atoms with van der Waals surface area (Å²) in [6, 6.07) is 9.89. The summed E-state index contributed by atoms with van der Waals surface area (Å²) in [7, 11) is 1.20. The Kier molecular flexibility index (Phi) is 7.86. The van der Waals surface area contributed by atoms with Gasteiger partial charge in [-0.05, 0) is 24.3 Å². The second-order valence-electron chi connectivity index (χ2n) is 5.61. The van der Waals surface area contributed by atoms with Crippen molar-refractivity contribution in [3.05, 3.63) is 36.4 Å². The minimum atomic E-state index is -0.901. The lowest BCUT2D eigenvalue weighted by atomic mass is 10.3. The number of ether oxygens (including phenoxy) is 3. The number of nitrogens with one attached hydrogen (secondary N) is 1. The molecule has 0 fully saturated rings. The monoisotopic (exact) mass is 402 g/mol. The van der Waals surface area contributed by atoms with Gasteiger partial charge in [0.1, 0.15) is 17.2 Å². The number of aromatic nitrogens is 1. The van der Waals surface area contributed by atoms with Crippen LogP contribution in [-0.2, 0) is 14.3 Å². The largest absolute Gasteiger partial charge is 0.511 e. The number of methoxy groups -OCH3 is 1. The van der Waals surface area contributed by atoms with Gasteiger partial charge in [0.05, 0.1) is 7.11 Å².